The number of carboxylic acid groups (broad SMARTS) is 2. The summed E-state index contributed by atoms with van der Waals surface area (Å²) in [7, 11) is 0. The van der Waals surface area contributed by atoms with Crippen LogP contribution in [0.3, 0.4) is 0 Å². The number of carbonyl (C=O) groups excluding carboxylic acids is 4. The predicted octanol–water partition coefficient (Wildman–Crippen LogP) is -1.51. The fourth-order valence-corrected chi connectivity index (χ4v) is 3.82. The Hall–Kier alpha value is -5.18. The van der Waals surface area contributed by atoms with Crippen molar-refractivity contribution in [2.24, 2.45) is 11.5 Å². The molecule has 15 nitrogen and oxygen atoms in total. The van der Waals surface area contributed by atoms with Crippen LogP contribution in [-0.4, -0.2) is 80.2 Å². The standard InChI is InChI=1S/C27H33N5O10/c28-18(11-14-1-5-16(33)6-2-14)24(38)30-19(9-10-23(36)37)25(39)31-20(13-22(29)35)26(40)32-21(27(41)42)12-15-3-7-17(34)8-4-15/h1-8,18-21,33-34H,9-13,28H2,(H2,29,35)(H,30,38)(H,31,39)(H,32,40)(H,36,37)(H,41,42). The fourth-order valence-electron chi connectivity index (χ4n) is 3.82. The number of nitrogens with two attached hydrogens (primary N) is 2. The maximum absolute atomic E-state index is 13.1. The minimum absolute atomic E-state index is 0.00626. The average Bonchev–Trinajstić information content (AvgIpc) is 2.91. The van der Waals surface area contributed by atoms with Crippen molar-refractivity contribution in [3.8, 4) is 11.5 Å². The van der Waals surface area contributed by atoms with E-state index in [0.29, 0.717) is 11.1 Å². The summed E-state index contributed by atoms with van der Waals surface area (Å²) < 4.78 is 0. The van der Waals surface area contributed by atoms with E-state index in [0.717, 1.165) is 0 Å². The van der Waals surface area contributed by atoms with Crippen molar-refractivity contribution >= 4 is 35.6 Å². The van der Waals surface area contributed by atoms with Crippen LogP contribution >= 0.6 is 0 Å². The third-order valence-electron chi connectivity index (χ3n) is 6.04. The zero-order chi connectivity index (χ0) is 31.4. The monoisotopic (exact) mass is 587 g/mol. The van der Waals surface area contributed by atoms with Crippen LogP contribution in [0.5, 0.6) is 11.5 Å². The summed E-state index contributed by atoms with van der Waals surface area (Å²) >= 11 is 0. The van der Waals surface area contributed by atoms with Crippen molar-refractivity contribution in [3.63, 3.8) is 0 Å². The van der Waals surface area contributed by atoms with Crippen LogP contribution in [0.1, 0.15) is 30.4 Å². The van der Waals surface area contributed by atoms with Gasteiger partial charge in [0.1, 0.15) is 29.6 Å². The number of rotatable bonds is 16. The third kappa shape index (κ3) is 11.1. The van der Waals surface area contributed by atoms with Gasteiger partial charge in [0.05, 0.1) is 12.5 Å². The van der Waals surface area contributed by atoms with Crippen molar-refractivity contribution in [2.45, 2.75) is 56.3 Å². The number of benzene rings is 2. The van der Waals surface area contributed by atoms with E-state index in [1.54, 1.807) is 0 Å². The topological polar surface area (TPSA) is 271 Å². The van der Waals surface area contributed by atoms with Crippen molar-refractivity contribution in [3.05, 3.63) is 59.7 Å². The molecule has 0 fully saturated rings. The molecule has 0 saturated heterocycles. The molecule has 2 rings (SSSR count). The minimum atomic E-state index is -1.66. The number of primary amides is 1. The molecule has 4 amide bonds. The van der Waals surface area contributed by atoms with Crippen molar-refractivity contribution in [1.29, 1.82) is 0 Å². The molecule has 4 unspecified atom stereocenters. The number of carboxylic acids is 2. The summed E-state index contributed by atoms with van der Waals surface area (Å²) in [6.07, 6.45) is -1.87. The van der Waals surface area contributed by atoms with E-state index in [9.17, 15) is 44.1 Å². The van der Waals surface area contributed by atoms with Gasteiger partial charge in [-0.2, -0.15) is 0 Å². The van der Waals surface area contributed by atoms with E-state index in [4.69, 9.17) is 16.6 Å². The van der Waals surface area contributed by atoms with Crippen LogP contribution < -0.4 is 27.4 Å². The van der Waals surface area contributed by atoms with E-state index >= 15 is 0 Å². The highest BCUT2D eigenvalue weighted by Gasteiger charge is 2.31. The van der Waals surface area contributed by atoms with Crippen LogP contribution in [-0.2, 0) is 41.6 Å². The summed E-state index contributed by atoms with van der Waals surface area (Å²) in [6, 6.07) is 5.60. The number of aliphatic carboxylic acids is 2. The molecular weight excluding hydrogens is 554 g/mol. The second kappa shape index (κ2) is 15.6. The number of phenolic OH excluding ortho intramolecular Hbond substituents is 2. The average molecular weight is 588 g/mol. The van der Waals surface area contributed by atoms with Gasteiger partial charge in [-0.25, -0.2) is 4.79 Å². The molecule has 0 heterocycles. The van der Waals surface area contributed by atoms with Gasteiger partial charge < -0.3 is 47.8 Å². The van der Waals surface area contributed by atoms with Crippen LogP contribution in [0, 0.1) is 0 Å². The molecule has 0 aromatic heterocycles. The lowest BCUT2D eigenvalue weighted by Crippen LogP contribution is -2.58. The lowest BCUT2D eigenvalue weighted by atomic mass is 10.0. The van der Waals surface area contributed by atoms with E-state index in [2.05, 4.69) is 16.0 Å². The quantitative estimate of drug-likeness (QED) is 0.109. The Balaban J connectivity index is 2.15. The van der Waals surface area contributed by atoms with Gasteiger partial charge >= 0.3 is 11.9 Å². The Labute approximate surface area is 239 Å². The summed E-state index contributed by atoms with van der Waals surface area (Å²) in [6.45, 7) is 0. The number of carbonyl (C=O) groups is 6. The molecule has 0 saturated carbocycles. The number of nitrogens with one attached hydrogen (secondary N) is 3. The molecular formula is C27H33N5O10. The third-order valence-corrected chi connectivity index (χ3v) is 6.04. The van der Waals surface area contributed by atoms with Gasteiger partial charge in [0, 0.05) is 12.8 Å². The zero-order valence-corrected chi connectivity index (χ0v) is 22.4. The molecule has 0 bridgehead atoms. The van der Waals surface area contributed by atoms with Crippen molar-refractivity contribution in [1.82, 2.24) is 16.0 Å². The SMILES string of the molecule is NC(=O)CC(NC(=O)C(CCC(=O)O)NC(=O)C(N)Cc1ccc(O)cc1)C(=O)NC(Cc1ccc(O)cc1)C(=O)O. The number of phenols is 2. The second-order valence-electron chi connectivity index (χ2n) is 9.47. The van der Waals surface area contributed by atoms with Gasteiger partial charge in [-0.15, -0.1) is 0 Å². The first-order valence-corrected chi connectivity index (χ1v) is 12.7. The highest BCUT2D eigenvalue weighted by molar-refractivity contribution is 5.96. The molecule has 0 aliphatic heterocycles. The highest BCUT2D eigenvalue weighted by atomic mass is 16.4. The molecule has 2 aromatic rings. The van der Waals surface area contributed by atoms with E-state index in [1.165, 1.54) is 48.5 Å². The summed E-state index contributed by atoms with van der Waals surface area (Å²) in [5.41, 5.74) is 12.2. The lowest BCUT2D eigenvalue weighted by Gasteiger charge is -2.24. The largest absolute Gasteiger partial charge is 0.508 e. The second-order valence-corrected chi connectivity index (χ2v) is 9.47. The maximum Gasteiger partial charge on any atom is 0.326 e. The summed E-state index contributed by atoms with van der Waals surface area (Å²) in [5.74, 6) is -6.67. The predicted molar refractivity (Wildman–Crippen MR) is 146 cm³/mol. The Morgan fingerprint density at radius 1 is 0.667 bits per heavy atom. The molecule has 2 aromatic carbocycles. The van der Waals surface area contributed by atoms with E-state index in [-0.39, 0.29) is 24.3 Å². The lowest BCUT2D eigenvalue weighted by molar-refractivity contribution is -0.142. The smallest absolute Gasteiger partial charge is 0.326 e. The molecule has 226 valence electrons. The molecule has 0 radical (unpaired) electrons. The molecule has 0 aliphatic rings. The Kier molecular flexibility index (Phi) is 12.2. The molecule has 42 heavy (non-hydrogen) atoms. The first-order valence-electron chi connectivity index (χ1n) is 12.7. The molecule has 0 aliphatic carbocycles. The Morgan fingerprint density at radius 2 is 1.12 bits per heavy atom. The van der Waals surface area contributed by atoms with Crippen molar-refractivity contribution in [2.75, 3.05) is 0 Å². The van der Waals surface area contributed by atoms with Crippen molar-refractivity contribution < 1.29 is 49.2 Å². The Morgan fingerprint density at radius 3 is 1.60 bits per heavy atom. The van der Waals surface area contributed by atoms with E-state index in [1.807, 2.05) is 0 Å². The van der Waals surface area contributed by atoms with Gasteiger partial charge in [0.25, 0.3) is 0 Å². The molecule has 4 atom stereocenters. The number of aromatic hydroxyl groups is 2. The summed E-state index contributed by atoms with van der Waals surface area (Å²) in [4.78, 5) is 73.4. The van der Waals surface area contributed by atoms with Gasteiger partial charge in [0.2, 0.25) is 23.6 Å². The normalized spacial score (nSPS) is 13.5. The van der Waals surface area contributed by atoms with Gasteiger partial charge in [-0.1, -0.05) is 24.3 Å². The number of hydrogen-bond acceptors (Lipinski definition) is 9. The molecule has 0 spiro atoms. The first kappa shape index (κ1) is 33.0. The van der Waals surface area contributed by atoms with Gasteiger partial charge in [0.15, 0.2) is 0 Å². The molecule has 11 N–H and O–H groups in total. The zero-order valence-electron chi connectivity index (χ0n) is 22.4. The highest BCUT2D eigenvalue weighted by Crippen LogP contribution is 2.13. The van der Waals surface area contributed by atoms with Gasteiger partial charge in [-0.05, 0) is 48.2 Å². The first-order chi connectivity index (χ1) is 19.7. The minimum Gasteiger partial charge on any atom is -0.508 e. The van der Waals surface area contributed by atoms with Crippen LogP contribution in [0.15, 0.2) is 48.5 Å². The number of hydrogen-bond donors (Lipinski definition) is 9. The maximum atomic E-state index is 13.1. The van der Waals surface area contributed by atoms with E-state index < -0.39 is 79.0 Å². The van der Waals surface area contributed by atoms with Crippen LogP contribution in [0.4, 0.5) is 0 Å². The molecule has 15 heteroatoms. The van der Waals surface area contributed by atoms with Crippen LogP contribution in [0.2, 0.25) is 0 Å². The fraction of sp³-hybridized carbons (Fsp3) is 0.333. The van der Waals surface area contributed by atoms with Crippen LogP contribution in [0.25, 0.3) is 0 Å². The van der Waals surface area contributed by atoms with Gasteiger partial charge in [-0.3, -0.25) is 24.0 Å². The Bertz CT molecular complexity index is 1280. The number of amides is 4. The summed E-state index contributed by atoms with van der Waals surface area (Å²) in [5, 5.41) is 44.3.